The molecule has 1 aromatic carbocycles. The molecule has 2 heteroatoms. The van der Waals surface area contributed by atoms with E-state index in [0.29, 0.717) is 5.92 Å². The molecule has 0 radical (unpaired) electrons. The molecular weight excluding hydrogens is 254 g/mol. The topological polar surface area (TPSA) is 12.0 Å². The monoisotopic (exact) mass is 279 g/mol. The summed E-state index contributed by atoms with van der Waals surface area (Å²) >= 11 is 6.20. The third-order valence-corrected chi connectivity index (χ3v) is 4.83. The van der Waals surface area contributed by atoms with Crippen LogP contribution in [0.2, 0.25) is 5.02 Å². The summed E-state index contributed by atoms with van der Waals surface area (Å²) in [6.07, 6.45) is 3.94. The first kappa shape index (κ1) is 14.9. The van der Waals surface area contributed by atoms with E-state index in [0.717, 1.165) is 24.0 Å². The summed E-state index contributed by atoms with van der Waals surface area (Å²) in [5, 5.41) is 4.53. The number of rotatable bonds is 5. The van der Waals surface area contributed by atoms with Crippen LogP contribution in [0.15, 0.2) is 24.3 Å². The highest BCUT2D eigenvalue weighted by Gasteiger charge is 2.41. The van der Waals surface area contributed by atoms with Crippen molar-refractivity contribution in [3.05, 3.63) is 34.9 Å². The normalized spacial score (nSPS) is 27.1. The van der Waals surface area contributed by atoms with Gasteiger partial charge in [-0.2, -0.15) is 0 Å². The van der Waals surface area contributed by atoms with E-state index in [-0.39, 0.29) is 5.41 Å². The average Bonchev–Trinajstić information content (AvgIpc) is 2.71. The molecule has 106 valence electrons. The van der Waals surface area contributed by atoms with E-state index in [1.807, 2.05) is 6.07 Å². The quantitative estimate of drug-likeness (QED) is 0.828. The molecule has 0 aromatic heterocycles. The van der Waals surface area contributed by atoms with Gasteiger partial charge in [0.15, 0.2) is 0 Å². The van der Waals surface area contributed by atoms with Crippen molar-refractivity contribution in [1.82, 2.24) is 5.32 Å². The molecule has 1 N–H and O–H groups in total. The van der Waals surface area contributed by atoms with E-state index in [4.69, 9.17) is 11.6 Å². The largest absolute Gasteiger partial charge is 0.316 e. The Kier molecular flexibility index (Phi) is 4.92. The predicted octanol–water partition coefficient (Wildman–Crippen LogP) is 4.64. The molecule has 0 saturated heterocycles. The van der Waals surface area contributed by atoms with Crippen molar-refractivity contribution in [1.29, 1.82) is 0 Å². The molecule has 2 unspecified atom stereocenters. The minimum absolute atomic E-state index is 0.278. The van der Waals surface area contributed by atoms with Gasteiger partial charge in [0, 0.05) is 17.0 Å². The minimum atomic E-state index is 0.278. The van der Waals surface area contributed by atoms with Gasteiger partial charge in [-0.25, -0.2) is 0 Å². The van der Waals surface area contributed by atoms with Crippen LogP contribution in [0.25, 0.3) is 0 Å². The Labute approximate surface area is 122 Å². The SMILES string of the molecule is CC(C)CNCC1(c2cccc(Cl)c2)CCCC1C. The zero-order valence-corrected chi connectivity index (χ0v) is 13.1. The molecule has 2 atom stereocenters. The first-order valence-corrected chi connectivity index (χ1v) is 7.89. The van der Waals surface area contributed by atoms with E-state index in [9.17, 15) is 0 Å². The Morgan fingerprint density at radius 3 is 2.79 bits per heavy atom. The van der Waals surface area contributed by atoms with Crippen molar-refractivity contribution >= 4 is 11.6 Å². The summed E-state index contributed by atoms with van der Waals surface area (Å²) in [6.45, 7) is 9.08. The first-order valence-electron chi connectivity index (χ1n) is 7.51. The molecule has 1 nitrogen and oxygen atoms in total. The van der Waals surface area contributed by atoms with Crippen LogP contribution >= 0.6 is 11.6 Å². The summed E-state index contributed by atoms with van der Waals surface area (Å²) in [4.78, 5) is 0. The van der Waals surface area contributed by atoms with E-state index < -0.39 is 0 Å². The number of hydrogen-bond acceptors (Lipinski definition) is 1. The van der Waals surface area contributed by atoms with Crippen LogP contribution < -0.4 is 5.32 Å². The smallest absolute Gasteiger partial charge is 0.0408 e. The van der Waals surface area contributed by atoms with Gasteiger partial charge in [-0.15, -0.1) is 0 Å². The van der Waals surface area contributed by atoms with Crippen LogP contribution in [0, 0.1) is 11.8 Å². The van der Waals surface area contributed by atoms with Crippen LogP contribution in [-0.2, 0) is 5.41 Å². The number of benzene rings is 1. The summed E-state index contributed by atoms with van der Waals surface area (Å²) in [6, 6.07) is 8.48. The first-order chi connectivity index (χ1) is 9.04. The molecular formula is C17H26ClN. The molecule has 0 amide bonds. The van der Waals surface area contributed by atoms with Gasteiger partial charge in [-0.05, 0) is 48.9 Å². The second kappa shape index (κ2) is 6.28. The zero-order chi connectivity index (χ0) is 13.9. The Balaban J connectivity index is 2.20. The van der Waals surface area contributed by atoms with Crippen LogP contribution in [0.5, 0.6) is 0 Å². The Morgan fingerprint density at radius 2 is 2.21 bits per heavy atom. The molecule has 19 heavy (non-hydrogen) atoms. The summed E-state index contributed by atoms with van der Waals surface area (Å²) in [7, 11) is 0. The molecule has 1 aliphatic rings. The summed E-state index contributed by atoms with van der Waals surface area (Å²) in [5.41, 5.74) is 1.70. The fourth-order valence-electron chi connectivity index (χ4n) is 3.42. The third kappa shape index (κ3) is 3.32. The standard InChI is InChI=1S/C17H26ClN/c1-13(2)11-19-12-17(9-5-6-14(17)3)15-7-4-8-16(18)10-15/h4,7-8,10,13-14,19H,5-6,9,11-12H2,1-3H3. The number of hydrogen-bond donors (Lipinski definition) is 1. The number of halogens is 1. The fourth-order valence-corrected chi connectivity index (χ4v) is 3.61. The molecule has 1 aromatic rings. The fraction of sp³-hybridized carbons (Fsp3) is 0.647. The second-order valence-electron chi connectivity index (χ2n) is 6.48. The molecule has 1 fully saturated rings. The van der Waals surface area contributed by atoms with Crippen molar-refractivity contribution < 1.29 is 0 Å². The van der Waals surface area contributed by atoms with Gasteiger partial charge in [0.25, 0.3) is 0 Å². The summed E-state index contributed by atoms with van der Waals surface area (Å²) < 4.78 is 0. The molecule has 1 saturated carbocycles. The summed E-state index contributed by atoms with van der Waals surface area (Å²) in [5.74, 6) is 1.43. The second-order valence-corrected chi connectivity index (χ2v) is 6.92. The highest BCUT2D eigenvalue weighted by atomic mass is 35.5. The van der Waals surface area contributed by atoms with E-state index in [2.05, 4.69) is 44.3 Å². The lowest BCUT2D eigenvalue weighted by molar-refractivity contribution is 0.312. The minimum Gasteiger partial charge on any atom is -0.316 e. The molecule has 0 bridgehead atoms. The lowest BCUT2D eigenvalue weighted by Crippen LogP contribution is -2.41. The molecule has 0 aliphatic heterocycles. The average molecular weight is 280 g/mol. The van der Waals surface area contributed by atoms with Crippen molar-refractivity contribution in [2.24, 2.45) is 11.8 Å². The van der Waals surface area contributed by atoms with E-state index >= 15 is 0 Å². The van der Waals surface area contributed by atoms with E-state index in [1.54, 1.807) is 0 Å². The Morgan fingerprint density at radius 1 is 1.42 bits per heavy atom. The highest BCUT2D eigenvalue weighted by molar-refractivity contribution is 6.30. The van der Waals surface area contributed by atoms with Crippen molar-refractivity contribution in [2.45, 2.75) is 45.4 Å². The van der Waals surface area contributed by atoms with Gasteiger partial charge >= 0.3 is 0 Å². The van der Waals surface area contributed by atoms with Gasteiger partial charge in [0.1, 0.15) is 0 Å². The molecule has 0 spiro atoms. The number of nitrogens with one attached hydrogen (secondary N) is 1. The Hall–Kier alpha value is -0.530. The maximum Gasteiger partial charge on any atom is 0.0408 e. The van der Waals surface area contributed by atoms with Gasteiger partial charge in [0.05, 0.1) is 0 Å². The zero-order valence-electron chi connectivity index (χ0n) is 12.4. The molecule has 1 aliphatic carbocycles. The Bertz CT molecular complexity index is 415. The van der Waals surface area contributed by atoms with Crippen LogP contribution in [0.3, 0.4) is 0 Å². The predicted molar refractivity (Wildman–Crippen MR) is 83.9 cm³/mol. The molecule has 0 heterocycles. The van der Waals surface area contributed by atoms with Gasteiger partial charge in [-0.1, -0.05) is 50.9 Å². The van der Waals surface area contributed by atoms with Gasteiger partial charge < -0.3 is 5.32 Å². The van der Waals surface area contributed by atoms with Gasteiger partial charge in [-0.3, -0.25) is 0 Å². The maximum absolute atomic E-state index is 6.20. The van der Waals surface area contributed by atoms with Crippen molar-refractivity contribution in [3.63, 3.8) is 0 Å². The third-order valence-electron chi connectivity index (χ3n) is 4.60. The van der Waals surface area contributed by atoms with Gasteiger partial charge in [0.2, 0.25) is 0 Å². The van der Waals surface area contributed by atoms with Crippen molar-refractivity contribution in [3.8, 4) is 0 Å². The van der Waals surface area contributed by atoms with Crippen LogP contribution in [0.1, 0.15) is 45.6 Å². The highest BCUT2D eigenvalue weighted by Crippen LogP contribution is 2.45. The molecule has 2 rings (SSSR count). The van der Waals surface area contributed by atoms with Crippen molar-refractivity contribution in [2.75, 3.05) is 13.1 Å². The lowest BCUT2D eigenvalue weighted by atomic mass is 9.73. The lowest BCUT2D eigenvalue weighted by Gasteiger charge is -2.35. The van der Waals surface area contributed by atoms with Crippen LogP contribution in [-0.4, -0.2) is 13.1 Å². The maximum atomic E-state index is 6.20. The van der Waals surface area contributed by atoms with E-state index in [1.165, 1.54) is 24.8 Å². The van der Waals surface area contributed by atoms with Crippen LogP contribution in [0.4, 0.5) is 0 Å².